The highest BCUT2D eigenvalue weighted by Crippen LogP contribution is 2.43. The zero-order valence-electron chi connectivity index (χ0n) is 22.7. The number of allylic oxidation sites excluding steroid dienone is 1. The van der Waals surface area contributed by atoms with Crippen molar-refractivity contribution in [2.75, 3.05) is 44.8 Å². The summed E-state index contributed by atoms with van der Waals surface area (Å²) in [6.07, 6.45) is 3.87. The van der Waals surface area contributed by atoms with E-state index in [1.165, 1.54) is 21.2 Å². The molecule has 0 aromatic heterocycles. The Bertz CT molecular complexity index is 1150. The number of fused-ring (bicyclic) bond motifs is 1. The average Bonchev–Trinajstić information content (AvgIpc) is 2.88. The Hall–Kier alpha value is -2.67. The van der Waals surface area contributed by atoms with E-state index < -0.39 is 5.60 Å². The van der Waals surface area contributed by atoms with Crippen molar-refractivity contribution in [3.05, 3.63) is 57.6 Å². The van der Waals surface area contributed by atoms with E-state index in [1.807, 2.05) is 20.8 Å². The second kappa shape index (κ2) is 11.8. The van der Waals surface area contributed by atoms with Gasteiger partial charge >= 0.3 is 6.09 Å². The smallest absolute Gasteiger partial charge is 0.410 e. The van der Waals surface area contributed by atoms with Crippen molar-refractivity contribution in [2.24, 2.45) is 0 Å². The number of unbranched alkanes of at least 4 members (excludes halogenated alkanes) is 1. The fourth-order valence-corrected chi connectivity index (χ4v) is 5.43. The molecular weight excluding hydrogens is 532 g/mol. The summed E-state index contributed by atoms with van der Waals surface area (Å²) in [5.41, 5.74) is 5.39. The number of halogens is 1. The molecule has 200 valence electrons. The maximum absolute atomic E-state index is 12.4. The lowest BCUT2D eigenvalue weighted by molar-refractivity contribution is 0.0240. The minimum atomic E-state index is -0.484. The summed E-state index contributed by atoms with van der Waals surface area (Å²) in [6, 6.07) is 12.9. The summed E-state index contributed by atoms with van der Waals surface area (Å²) in [6.45, 7) is 11.4. The number of hydrogen-bond donors (Lipinski definition) is 0. The molecule has 0 spiro atoms. The van der Waals surface area contributed by atoms with Gasteiger partial charge in [-0.25, -0.2) is 4.79 Å². The van der Waals surface area contributed by atoms with E-state index in [-0.39, 0.29) is 6.09 Å². The number of carbonyl (C=O) groups is 1. The van der Waals surface area contributed by atoms with Gasteiger partial charge in [0.1, 0.15) is 17.1 Å². The van der Waals surface area contributed by atoms with E-state index >= 15 is 0 Å². The van der Waals surface area contributed by atoms with Gasteiger partial charge in [-0.05, 0) is 75.4 Å². The molecule has 0 radical (unpaired) electrons. The van der Waals surface area contributed by atoms with Crippen LogP contribution in [0.2, 0.25) is 0 Å². The second-order valence-corrected chi connectivity index (χ2v) is 11.6. The van der Waals surface area contributed by atoms with Crippen LogP contribution >= 0.6 is 15.9 Å². The van der Waals surface area contributed by atoms with E-state index in [0.29, 0.717) is 13.1 Å². The zero-order valence-corrected chi connectivity index (χ0v) is 24.3. The largest absolute Gasteiger partial charge is 0.496 e. The van der Waals surface area contributed by atoms with E-state index in [1.54, 1.807) is 12.0 Å². The van der Waals surface area contributed by atoms with Crippen molar-refractivity contribution in [3.8, 4) is 11.5 Å². The van der Waals surface area contributed by atoms with Gasteiger partial charge in [-0.15, -0.1) is 0 Å². The molecule has 1 fully saturated rings. The third kappa shape index (κ3) is 6.61. The van der Waals surface area contributed by atoms with Gasteiger partial charge < -0.3 is 24.0 Å². The normalized spacial score (nSPS) is 15.9. The highest BCUT2D eigenvalue weighted by molar-refractivity contribution is 9.11. The summed E-state index contributed by atoms with van der Waals surface area (Å²) >= 11 is 3.86. The summed E-state index contributed by atoms with van der Waals surface area (Å²) in [4.78, 5) is 16.5. The molecule has 0 unspecified atom stereocenters. The van der Waals surface area contributed by atoms with Gasteiger partial charge in [0.15, 0.2) is 0 Å². The summed E-state index contributed by atoms with van der Waals surface area (Å²) in [5, 5.41) is 0. The molecule has 0 bridgehead atoms. The Kier molecular flexibility index (Phi) is 8.73. The van der Waals surface area contributed by atoms with Crippen molar-refractivity contribution >= 4 is 33.3 Å². The fourth-order valence-electron chi connectivity index (χ4n) is 4.81. The van der Waals surface area contributed by atoms with Crippen molar-refractivity contribution in [3.63, 3.8) is 0 Å². The third-order valence-corrected chi connectivity index (χ3v) is 7.54. The highest BCUT2D eigenvalue weighted by Gasteiger charge is 2.27. The number of methoxy groups -OCH3 is 1. The second-order valence-electron chi connectivity index (χ2n) is 10.6. The number of aryl methyl sites for hydroxylation is 1. The zero-order chi connectivity index (χ0) is 26.6. The summed E-state index contributed by atoms with van der Waals surface area (Å²) in [5.74, 6) is 1.78. The molecular formula is C30H39BrN2O4. The van der Waals surface area contributed by atoms with Gasteiger partial charge in [-0.1, -0.05) is 35.3 Å². The number of carbonyl (C=O) groups excluding carboxylic acids is 1. The number of amides is 1. The van der Waals surface area contributed by atoms with Crippen molar-refractivity contribution in [1.29, 1.82) is 0 Å². The lowest BCUT2D eigenvalue weighted by Crippen LogP contribution is -2.50. The number of benzene rings is 2. The molecule has 1 amide bonds. The molecule has 2 aromatic carbocycles. The van der Waals surface area contributed by atoms with Crippen LogP contribution in [0.25, 0.3) is 5.57 Å². The van der Waals surface area contributed by atoms with Gasteiger partial charge in [0, 0.05) is 53.6 Å². The van der Waals surface area contributed by atoms with Gasteiger partial charge in [0.25, 0.3) is 0 Å². The molecule has 1 aliphatic heterocycles. The van der Waals surface area contributed by atoms with Crippen LogP contribution in [-0.2, 0) is 11.2 Å². The molecule has 2 aromatic rings. The number of piperazine rings is 1. The molecule has 0 N–H and O–H groups in total. The van der Waals surface area contributed by atoms with Gasteiger partial charge in [0.05, 0.1) is 13.7 Å². The Morgan fingerprint density at radius 2 is 1.73 bits per heavy atom. The van der Waals surface area contributed by atoms with Crippen LogP contribution < -0.4 is 14.4 Å². The number of hydrogen-bond acceptors (Lipinski definition) is 5. The molecule has 7 heteroatoms. The van der Waals surface area contributed by atoms with Crippen LogP contribution in [0.15, 0.2) is 40.9 Å². The first-order valence-corrected chi connectivity index (χ1v) is 14.1. The Morgan fingerprint density at radius 3 is 2.41 bits per heavy atom. The Balaban J connectivity index is 1.52. The maximum atomic E-state index is 12.4. The monoisotopic (exact) mass is 570 g/mol. The van der Waals surface area contributed by atoms with Crippen molar-refractivity contribution in [1.82, 2.24) is 4.90 Å². The average molecular weight is 572 g/mol. The van der Waals surface area contributed by atoms with E-state index in [0.717, 1.165) is 68.1 Å². The predicted molar refractivity (Wildman–Crippen MR) is 153 cm³/mol. The van der Waals surface area contributed by atoms with Crippen LogP contribution in [0.1, 0.15) is 63.6 Å². The highest BCUT2D eigenvalue weighted by atomic mass is 79.9. The molecule has 6 nitrogen and oxygen atoms in total. The van der Waals surface area contributed by atoms with Crippen LogP contribution in [0.5, 0.6) is 11.5 Å². The standard InChI is InChI=1S/C30H39BrN2O4/c1-6-7-18-36-23-10-12-24-21(19-23)8-13-26(31)28(24)25-11-9-22(20-27(25)35-5)32-14-16-33(17-15-32)29(34)37-30(2,3)4/h9-12,19-20H,6-8,13-18H2,1-5H3. The van der Waals surface area contributed by atoms with Crippen LogP contribution in [0, 0.1) is 0 Å². The van der Waals surface area contributed by atoms with E-state index in [2.05, 4.69) is 64.2 Å². The molecule has 2 aliphatic rings. The number of nitrogens with zero attached hydrogens (tertiary/aromatic N) is 2. The molecule has 0 atom stereocenters. The SMILES string of the molecule is CCCCOc1ccc2c(c1)CCC(Br)=C2c1ccc(N2CCN(C(=O)OC(C)(C)C)CC2)cc1OC. The Morgan fingerprint density at radius 1 is 1.00 bits per heavy atom. The van der Waals surface area contributed by atoms with Crippen LogP contribution in [0.3, 0.4) is 0 Å². The molecule has 1 heterocycles. The number of ether oxygens (including phenoxy) is 3. The minimum Gasteiger partial charge on any atom is -0.496 e. The van der Waals surface area contributed by atoms with Crippen molar-refractivity contribution < 1.29 is 19.0 Å². The molecule has 4 rings (SSSR count). The quantitative estimate of drug-likeness (QED) is 0.334. The number of anilines is 1. The first-order valence-electron chi connectivity index (χ1n) is 13.3. The fraction of sp³-hybridized carbons (Fsp3) is 0.500. The summed E-state index contributed by atoms with van der Waals surface area (Å²) in [7, 11) is 1.73. The van der Waals surface area contributed by atoms with Crippen molar-refractivity contribution in [2.45, 2.75) is 59.0 Å². The lowest BCUT2D eigenvalue weighted by atomic mass is 9.86. The van der Waals surface area contributed by atoms with Crippen LogP contribution in [-0.4, -0.2) is 56.5 Å². The summed E-state index contributed by atoms with van der Waals surface area (Å²) < 4.78 is 18.6. The van der Waals surface area contributed by atoms with Gasteiger partial charge in [-0.2, -0.15) is 0 Å². The first-order chi connectivity index (χ1) is 17.7. The third-order valence-electron chi connectivity index (χ3n) is 6.75. The minimum absolute atomic E-state index is 0.244. The van der Waals surface area contributed by atoms with Gasteiger partial charge in [-0.3, -0.25) is 0 Å². The Labute approximate surface area is 229 Å². The first kappa shape index (κ1) is 27.4. The van der Waals surface area contributed by atoms with E-state index in [9.17, 15) is 4.79 Å². The number of rotatable bonds is 7. The molecule has 0 saturated carbocycles. The topological polar surface area (TPSA) is 51.2 Å². The van der Waals surface area contributed by atoms with Crippen LogP contribution in [0.4, 0.5) is 10.5 Å². The molecule has 1 aliphatic carbocycles. The van der Waals surface area contributed by atoms with E-state index in [4.69, 9.17) is 14.2 Å². The lowest BCUT2D eigenvalue weighted by Gasteiger charge is -2.37. The molecule has 1 saturated heterocycles. The van der Waals surface area contributed by atoms with Gasteiger partial charge in [0.2, 0.25) is 0 Å². The predicted octanol–water partition coefficient (Wildman–Crippen LogP) is 7.03. The maximum Gasteiger partial charge on any atom is 0.410 e. The molecule has 37 heavy (non-hydrogen) atoms.